The third-order valence-electron chi connectivity index (χ3n) is 3.63. The van der Waals surface area contributed by atoms with Crippen LogP contribution in [-0.4, -0.2) is 0 Å². The Morgan fingerprint density at radius 3 is 1.95 bits per heavy atom. The third-order valence-corrected chi connectivity index (χ3v) is 3.63. The van der Waals surface area contributed by atoms with E-state index in [1.54, 1.807) is 0 Å². The summed E-state index contributed by atoms with van der Waals surface area (Å²) >= 11 is 0. The highest BCUT2D eigenvalue weighted by atomic mass is 14.6. The zero-order valence-corrected chi connectivity index (χ0v) is 11.8. The number of nitrogen functional groups attached to an aromatic ring is 2. The van der Waals surface area contributed by atoms with Gasteiger partial charge in [-0.3, -0.25) is 0 Å². The molecule has 0 atom stereocenters. The molecule has 0 radical (unpaired) electrons. The Labute approximate surface area is 125 Å². The Morgan fingerprint density at radius 2 is 1.29 bits per heavy atom. The molecular weight excluding hydrogens is 256 g/mol. The van der Waals surface area contributed by atoms with Crippen LogP contribution in [0.2, 0.25) is 0 Å². The minimum Gasteiger partial charge on any atom is -0.398 e. The Balaban J connectivity index is 1.97. The maximum absolute atomic E-state index is 6.22. The van der Waals surface area contributed by atoms with Crippen molar-refractivity contribution >= 4 is 11.4 Å². The van der Waals surface area contributed by atoms with Gasteiger partial charge >= 0.3 is 0 Å². The zero-order valence-electron chi connectivity index (χ0n) is 11.8. The maximum atomic E-state index is 6.22. The van der Waals surface area contributed by atoms with Crippen LogP contribution >= 0.6 is 0 Å². The molecule has 0 heterocycles. The summed E-state index contributed by atoms with van der Waals surface area (Å²) in [5.41, 5.74) is 18.4. The van der Waals surface area contributed by atoms with Gasteiger partial charge in [0.2, 0.25) is 0 Å². The van der Waals surface area contributed by atoms with Crippen LogP contribution < -0.4 is 11.5 Å². The molecule has 0 aliphatic heterocycles. The Hall–Kier alpha value is -2.74. The van der Waals surface area contributed by atoms with Gasteiger partial charge < -0.3 is 11.5 Å². The number of rotatable bonds is 3. The van der Waals surface area contributed by atoms with E-state index in [1.807, 2.05) is 60.7 Å². The molecule has 0 fully saturated rings. The van der Waals surface area contributed by atoms with Crippen molar-refractivity contribution in [2.24, 2.45) is 0 Å². The average molecular weight is 274 g/mol. The fraction of sp³-hybridized carbons (Fsp3) is 0.0526. The fourth-order valence-electron chi connectivity index (χ4n) is 2.52. The number of nitrogens with two attached hydrogens (primary N) is 2. The van der Waals surface area contributed by atoms with Gasteiger partial charge in [0, 0.05) is 16.9 Å². The fourth-order valence-corrected chi connectivity index (χ4v) is 2.52. The van der Waals surface area contributed by atoms with Gasteiger partial charge in [0.25, 0.3) is 0 Å². The van der Waals surface area contributed by atoms with E-state index in [4.69, 9.17) is 11.5 Å². The van der Waals surface area contributed by atoms with Crippen LogP contribution in [0.15, 0.2) is 72.8 Å². The second-order valence-electron chi connectivity index (χ2n) is 5.17. The van der Waals surface area contributed by atoms with Crippen molar-refractivity contribution in [3.8, 4) is 11.1 Å². The van der Waals surface area contributed by atoms with Gasteiger partial charge in [0.15, 0.2) is 0 Å². The monoisotopic (exact) mass is 274 g/mol. The predicted octanol–water partition coefficient (Wildman–Crippen LogP) is 4.11. The van der Waals surface area contributed by atoms with E-state index < -0.39 is 0 Å². The lowest BCUT2D eigenvalue weighted by atomic mass is 9.97. The lowest BCUT2D eigenvalue weighted by Crippen LogP contribution is -2.00. The van der Waals surface area contributed by atoms with Crippen LogP contribution in [-0.2, 0) is 6.42 Å². The van der Waals surface area contributed by atoms with Crippen molar-refractivity contribution in [1.29, 1.82) is 0 Å². The van der Waals surface area contributed by atoms with Gasteiger partial charge in [-0.05, 0) is 35.2 Å². The van der Waals surface area contributed by atoms with Gasteiger partial charge in [0.05, 0.1) is 0 Å². The first-order chi connectivity index (χ1) is 10.2. The van der Waals surface area contributed by atoms with Gasteiger partial charge in [-0.2, -0.15) is 0 Å². The molecule has 0 saturated heterocycles. The van der Waals surface area contributed by atoms with Crippen LogP contribution in [0.3, 0.4) is 0 Å². The second-order valence-corrected chi connectivity index (χ2v) is 5.17. The molecule has 0 bridgehead atoms. The Bertz CT molecular complexity index is 734. The van der Waals surface area contributed by atoms with Crippen LogP contribution in [0.1, 0.15) is 11.1 Å². The summed E-state index contributed by atoms with van der Waals surface area (Å²) < 4.78 is 0. The van der Waals surface area contributed by atoms with Crippen LogP contribution in [0.5, 0.6) is 0 Å². The molecule has 0 aliphatic rings. The van der Waals surface area contributed by atoms with Crippen molar-refractivity contribution < 1.29 is 0 Å². The van der Waals surface area contributed by atoms with E-state index >= 15 is 0 Å². The summed E-state index contributed by atoms with van der Waals surface area (Å²) in [4.78, 5) is 0. The molecule has 21 heavy (non-hydrogen) atoms. The minimum atomic E-state index is 0.765. The summed E-state index contributed by atoms with van der Waals surface area (Å²) in [5.74, 6) is 0. The molecule has 0 aliphatic carbocycles. The molecule has 0 unspecified atom stereocenters. The van der Waals surface area contributed by atoms with Crippen molar-refractivity contribution in [2.75, 3.05) is 11.5 Å². The van der Waals surface area contributed by atoms with Gasteiger partial charge in [-0.1, -0.05) is 60.7 Å². The molecule has 3 aromatic rings. The quantitative estimate of drug-likeness (QED) is 0.706. The van der Waals surface area contributed by atoms with Crippen LogP contribution in [0.4, 0.5) is 11.4 Å². The van der Waals surface area contributed by atoms with E-state index in [-0.39, 0.29) is 0 Å². The molecule has 0 aromatic heterocycles. The van der Waals surface area contributed by atoms with Crippen molar-refractivity contribution in [3.05, 3.63) is 83.9 Å². The lowest BCUT2D eigenvalue weighted by Gasteiger charge is -2.12. The van der Waals surface area contributed by atoms with E-state index in [0.717, 1.165) is 34.5 Å². The van der Waals surface area contributed by atoms with Crippen molar-refractivity contribution in [1.82, 2.24) is 0 Å². The summed E-state index contributed by atoms with van der Waals surface area (Å²) in [6.07, 6.45) is 0.798. The molecule has 104 valence electrons. The Kier molecular flexibility index (Phi) is 3.61. The van der Waals surface area contributed by atoms with Crippen molar-refractivity contribution in [2.45, 2.75) is 6.42 Å². The van der Waals surface area contributed by atoms with E-state index in [9.17, 15) is 0 Å². The van der Waals surface area contributed by atoms with Gasteiger partial charge in [0.1, 0.15) is 0 Å². The van der Waals surface area contributed by atoms with E-state index in [2.05, 4.69) is 12.1 Å². The van der Waals surface area contributed by atoms with Crippen LogP contribution in [0.25, 0.3) is 11.1 Å². The first-order valence-corrected chi connectivity index (χ1v) is 7.01. The molecule has 4 N–H and O–H groups in total. The number of hydrogen-bond donors (Lipinski definition) is 2. The highest BCUT2D eigenvalue weighted by Gasteiger charge is 2.08. The first-order valence-electron chi connectivity index (χ1n) is 7.01. The zero-order chi connectivity index (χ0) is 14.7. The molecule has 0 spiro atoms. The molecule has 0 saturated carbocycles. The number of anilines is 2. The summed E-state index contributed by atoms with van der Waals surface area (Å²) in [6, 6.07) is 24.3. The standard InChI is InChI=1S/C19H18N2/c20-18-13-17(15-9-5-2-6-10-15)19(21)12-16(18)11-14-7-3-1-4-8-14/h1-10,12-13H,11,20-21H2. The summed E-state index contributed by atoms with van der Waals surface area (Å²) in [5, 5.41) is 0. The average Bonchev–Trinajstić information content (AvgIpc) is 2.52. The third kappa shape index (κ3) is 2.90. The minimum absolute atomic E-state index is 0.765. The maximum Gasteiger partial charge on any atom is 0.0398 e. The topological polar surface area (TPSA) is 52.0 Å². The lowest BCUT2D eigenvalue weighted by molar-refractivity contribution is 1.20. The van der Waals surface area contributed by atoms with Crippen molar-refractivity contribution in [3.63, 3.8) is 0 Å². The predicted molar refractivity (Wildman–Crippen MR) is 90.0 cm³/mol. The molecule has 2 heteroatoms. The highest BCUT2D eigenvalue weighted by Crippen LogP contribution is 2.31. The number of benzene rings is 3. The molecule has 3 rings (SSSR count). The largest absolute Gasteiger partial charge is 0.398 e. The molecule has 2 nitrogen and oxygen atoms in total. The first kappa shape index (κ1) is 13.3. The summed E-state index contributed by atoms with van der Waals surface area (Å²) in [6.45, 7) is 0. The van der Waals surface area contributed by atoms with Crippen LogP contribution in [0, 0.1) is 0 Å². The second kappa shape index (κ2) is 5.71. The highest BCUT2D eigenvalue weighted by molar-refractivity contribution is 5.80. The van der Waals surface area contributed by atoms with Gasteiger partial charge in [-0.25, -0.2) is 0 Å². The normalized spacial score (nSPS) is 10.5. The molecular formula is C19H18N2. The molecule has 3 aromatic carbocycles. The Morgan fingerprint density at radius 1 is 0.667 bits per heavy atom. The van der Waals surface area contributed by atoms with E-state index in [0.29, 0.717) is 0 Å². The van der Waals surface area contributed by atoms with E-state index in [1.165, 1.54) is 5.56 Å². The number of hydrogen-bond acceptors (Lipinski definition) is 2. The molecule has 0 amide bonds. The smallest absolute Gasteiger partial charge is 0.0398 e. The SMILES string of the molecule is Nc1cc(-c2ccccc2)c(N)cc1Cc1ccccc1. The summed E-state index contributed by atoms with van der Waals surface area (Å²) in [7, 11) is 0. The van der Waals surface area contributed by atoms with Gasteiger partial charge in [-0.15, -0.1) is 0 Å².